The summed E-state index contributed by atoms with van der Waals surface area (Å²) in [5, 5.41) is 6.46. The highest BCUT2D eigenvalue weighted by Gasteiger charge is 2.10. The molecule has 90 valence electrons. The molecule has 0 saturated heterocycles. The third kappa shape index (κ3) is 1.78. The molecule has 0 atom stereocenters. The van der Waals surface area contributed by atoms with Gasteiger partial charge < -0.3 is 9.73 Å². The van der Waals surface area contributed by atoms with Gasteiger partial charge in [-0.05, 0) is 12.1 Å². The Kier molecular flexibility index (Phi) is 2.60. The van der Waals surface area contributed by atoms with Crippen LogP contribution >= 0.6 is 11.3 Å². The van der Waals surface area contributed by atoms with Crippen molar-refractivity contribution in [3.8, 4) is 11.3 Å². The largest absolute Gasteiger partial charge is 0.422 e. The summed E-state index contributed by atoms with van der Waals surface area (Å²) in [7, 11) is 1.80. The molecule has 3 aromatic rings. The van der Waals surface area contributed by atoms with Crippen molar-refractivity contribution in [3.63, 3.8) is 0 Å². The zero-order valence-electron chi connectivity index (χ0n) is 9.64. The van der Waals surface area contributed by atoms with Crippen LogP contribution in [0, 0.1) is 0 Å². The maximum absolute atomic E-state index is 11.9. The van der Waals surface area contributed by atoms with Crippen molar-refractivity contribution >= 4 is 27.4 Å². The summed E-state index contributed by atoms with van der Waals surface area (Å²) < 4.78 is 5.28. The van der Waals surface area contributed by atoms with E-state index in [2.05, 4.69) is 10.3 Å². The summed E-state index contributed by atoms with van der Waals surface area (Å²) in [5.74, 6) is 0. The van der Waals surface area contributed by atoms with Gasteiger partial charge in [0.2, 0.25) is 0 Å². The Bertz CT molecular complexity index is 761. The molecule has 1 N–H and O–H groups in total. The Labute approximate surface area is 107 Å². The summed E-state index contributed by atoms with van der Waals surface area (Å²) in [6.45, 7) is 0. The maximum Gasteiger partial charge on any atom is 0.345 e. The van der Waals surface area contributed by atoms with Crippen LogP contribution in [-0.2, 0) is 0 Å². The number of rotatable bonds is 2. The molecule has 2 heterocycles. The first kappa shape index (κ1) is 11.0. The fourth-order valence-electron chi connectivity index (χ4n) is 1.75. The molecule has 2 aromatic heterocycles. The van der Waals surface area contributed by atoms with Gasteiger partial charge in [-0.15, -0.1) is 11.3 Å². The first-order chi connectivity index (χ1) is 8.78. The number of fused-ring (bicyclic) bond motifs is 1. The number of anilines is 1. The second kappa shape index (κ2) is 4.27. The molecule has 4 nitrogen and oxygen atoms in total. The summed E-state index contributed by atoms with van der Waals surface area (Å²) in [4.78, 5) is 16.2. The SMILES string of the molecule is CNc1nc(-c2cc3ccccc3oc2=O)cs1. The molecule has 0 amide bonds. The molecule has 0 spiro atoms. The van der Waals surface area contributed by atoms with Gasteiger partial charge in [0.05, 0.1) is 11.3 Å². The van der Waals surface area contributed by atoms with Gasteiger partial charge in [-0.1, -0.05) is 18.2 Å². The van der Waals surface area contributed by atoms with E-state index in [9.17, 15) is 4.79 Å². The molecule has 5 heteroatoms. The van der Waals surface area contributed by atoms with Crippen LogP contribution in [0.15, 0.2) is 44.9 Å². The molecule has 0 unspecified atom stereocenters. The number of hydrogen-bond donors (Lipinski definition) is 1. The minimum absolute atomic E-state index is 0.360. The number of hydrogen-bond acceptors (Lipinski definition) is 5. The molecular formula is C13H10N2O2S. The predicted molar refractivity (Wildman–Crippen MR) is 73.1 cm³/mol. The normalized spacial score (nSPS) is 10.7. The van der Waals surface area contributed by atoms with Gasteiger partial charge in [0, 0.05) is 17.8 Å². The summed E-state index contributed by atoms with van der Waals surface area (Å²) in [5.41, 5.74) is 1.37. The molecule has 0 radical (unpaired) electrons. The van der Waals surface area contributed by atoms with Gasteiger partial charge in [-0.3, -0.25) is 0 Å². The fourth-order valence-corrected chi connectivity index (χ4v) is 2.42. The van der Waals surface area contributed by atoms with Gasteiger partial charge in [-0.25, -0.2) is 9.78 Å². The molecular weight excluding hydrogens is 248 g/mol. The van der Waals surface area contributed by atoms with Crippen LogP contribution in [-0.4, -0.2) is 12.0 Å². The molecule has 1 aromatic carbocycles. The van der Waals surface area contributed by atoms with E-state index >= 15 is 0 Å². The maximum atomic E-state index is 11.9. The van der Waals surface area contributed by atoms with E-state index in [1.165, 1.54) is 11.3 Å². The average Bonchev–Trinajstić information content (AvgIpc) is 2.86. The monoisotopic (exact) mass is 258 g/mol. The van der Waals surface area contributed by atoms with E-state index < -0.39 is 0 Å². The van der Waals surface area contributed by atoms with Gasteiger partial charge in [0.25, 0.3) is 0 Å². The molecule has 0 aliphatic heterocycles. The molecule has 0 fully saturated rings. The standard InChI is InChI=1S/C13H10N2O2S/c1-14-13-15-10(7-18-13)9-6-8-4-2-3-5-11(8)17-12(9)16/h2-7H,1H3,(H,14,15). The third-order valence-electron chi connectivity index (χ3n) is 2.64. The fraction of sp³-hybridized carbons (Fsp3) is 0.0769. The number of nitrogens with zero attached hydrogens (tertiary/aromatic N) is 1. The number of nitrogens with one attached hydrogen (secondary N) is 1. The zero-order chi connectivity index (χ0) is 12.5. The minimum atomic E-state index is -0.360. The highest BCUT2D eigenvalue weighted by atomic mass is 32.1. The van der Waals surface area contributed by atoms with Gasteiger partial charge >= 0.3 is 5.63 Å². The first-order valence-corrected chi connectivity index (χ1v) is 6.32. The van der Waals surface area contributed by atoms with Crippen molar-refractivity contribution in [3.05, 3.63) is 46.1 Å². The Hall–Kier alpha value is -2.14. The molecule has 0 aliphatic rings. The van der Waals surface area contributed by atoms with E-state index in [1.807, 2.05) is 29.6 Å². The smallest absolute Gasteiger partial charge is 0.345 e. The zero-order valence-corrected chi connectivity index (χ0v) is 10.5. The second-order valence-corrected chi connectivity index (χ2v) is 4.63. The highest BCUT2D eigenvalue weighted by molar-refractivity contribution is 7.14. The lowest BCUT2D eigenvalue weighted by Crippen LogP contribution is -2.02. The van der Waals surface area contributed by atoms with Crippen molar-refractivity contribution in [2.24, 2.45) is 0 Å². The molecule has 0 saturated carbocycles. The predicted octanol–water partition coefficient (Wildman–Crippen LogP) is 2.96. The van der Waals surface area contributed by atoms with Gasteiger partial charge in [0.15, 0.2) is 5.13 Å². The van der Waals surface area contributed by atoms with Crippen LogP contribution in [0.25, 0.3) is 22.2 Å². The summed E-state index contributed by atoms with van der Waals surface area (Å²) in [6, 6.07) is 9.25. The number of para-hydroxylation sites is 1. The van der Waals surface area contributed by atoms with E-state index in [-0.39, 0.29) is 5.63 Å². The lowest BCUT2D eigenvalue weighted by Gasteiger charge is -1.99. The average molecular weight is 258 g/mol. The van der Waals surface area contributed by atoms with Crippen LogP contribution in [0.5, 0.6) is 0 Å². The van der Waals surface area contributed by atoms with Crippen LogP contribution in [0.3, 0.4) is 0 Å². The minimum Gasteiger partial charge on any atom is -0.422 e. The number of benzene rings is 1. The van der Waals surface area contributed by atoms with Crippen LogP contribution < -0.4 is 10.9 Å². The second-order valence-electron chi connectivity index (χ2n) is 3.77. The topological polar surface area (TPSA) is 55.1 Å². The number of thiazole rings is 1. The third-order valence-corrected chi connectivity index (χ3v) is 3.50. The van der Waals surface area contributed by atoms with E-state index in [4.69, 9.17) is 4.42 Å². The Balaban J connectivity index is 2.22. The summed E-state index contributed by atoms with van der Waals surface area (Å²) >= 11 is 1.46. The number of aromatic nitrogens is 1. The quantitative estimate of drug-likeness (QED) is 0.718. The Morgan fingerprint density at radius 1 is 1.33 bits per heavy atom. The summed E-state index contributed by atoms with van der Waals surface area (Å²) in [6.07, 6.45) is 0. The van der Waals surface area contributed by atoms with Crippen LogP contribution in [0.4, 0.5) is 5.13 Å². The van der Waals surface area contributed by atoms with E-state index in [0.29, 0.717) is 16.8 Å². The lowest BCUT2D eigenvalue weighted by molar-refractivity contribution is 0.563. The molecule has 18 heavy (non-hydrogen) atoms. The Morgan fingerprint density at radius 3 is 2.94 bits per heavy atom. The van der Waals surface area contributed by atoms with Crippen molar-refractivity contribution < 1.29 is 4.42 Å². The van der Waals surface area contributed by atoms with E-state index in [0.717, 1.165) is 10.5 Å². The Morgan fingerprint density at radius 2 is 2.17 bits per heavy atom. The van der Waals surface area contributed by atoms with Crippen molar-refractivity contribution in [2.75, 3.05) is 12.4 Å². The van der Waals surface area contributed by atoms with Crippen molar-refractivity contribution in [2.45, 2.75) is 0 Å². The van der Waals surface area contributed by atoms with Gasteiger partial charge in [-0.2, -0.15) is 0 Å². The lowest BCUT2D eigenvalue weighted by atomic mass is 10.1. The molecule has 0 bridgehead atoms. The van der Waals surface area contributed by atoms with Crippen molar-refractivity contribution in [1.82, 2.24) is 4.98 Å². The van der Waals surface area contributed by atoms with Gasteiger partial charge in [0.1, 0.15) is 5.58 Å². The highest BCUT2D eigenvalue weighted by Crippen LogP contribution is 2.24. The van der Waals surface area contributed by atoms with Crippen LogP contribution in [0.1, 0.15) is 0 Å². The first-order valence-electron chi connectivity index (χ1n) is 5.44. The van der Waals surface area contributed by atoms with Crippen molar-refractivity contribution in [1.29, 1.82) is 0 Å². The molecule has 0 aliphatic carbocycles. The van der Waals surface area contributed by atoms with E-state index in [1.54, 1.807) is 13.1 Å². The molecule has 3 rings (SSSR count). The van der Waals surface area contributed by atoms with Crippen LogP contribution in [0.2, 0.25) is 0 Å².